The van der Waals surface area contributed by atoms with Crippen molar-refractivity contribution in [3.05, 3.63) is 42.5 Å². The molecule has 1 saturated heterocycles. The van der Waals surface area contributed by atoms with E-state index in [-0.39, 0.29) is 5.91 Å². The first-order chi connectivity index (χ1) is 13.2. The zero-order chi connectivity index (χ0) is 18.4. The van der Waals surface area contributed by atoms with E-state index in [0.717, 1.165) is 27.8 Å². The van der Waals surface area contributed by atoms with Gasteiger partial charge in [-0.25, -0.2) is 9.97 Å². The molecular weight excluding hydrogens is 344 g/mol. The molecule has 9 heteroatoms. The molecule has 1 aliphatic heterocycles. The summed E-state index contributed by atoms with van der Waals surface area (Å²) in [6, 6.07) is 7.68. The maximum absolute atomic E-state index is 12.9. The van der Waals surface area contributed by atoms with Gasteiger partial charge in [-0.05, 0) is 6.07 Å². The third kappa shape index (κ3) is 2.50. The van der Waals surface area contributed by atoms with Crippen molar-refractivity contribution in [1.82, 2.24) is 34.8 Å². The summed E-state index contributed by atoms with van der Waals surface area (Å²) in [5, 5.41) is 13.2. The summed E-state index contributed by atoms with van der Waals surface area (Å²) in [5.41, 5.74) is 2.16. The van der Waals surface area contributed by atoms with Gasteiger partial charge < -0.3 is 9.80 Å². The predicted octanol–water partition coefficient (Wildman–Crippen LogP) is 1.20. The Balaban J connectivity index is 1.36. The van der Waals surface area contributed by atoms with Crippen molar-refractivity contribution in [3.63, 3.8) is 0 Å². The number of anilines is 1. The minimum atomic E-state index is -0.0405. The summed E-state index contributed by atoms with van der Waals surface area (Å²) >= 11 is 0. The van der Waals surface area contributed by atoms with Crippen LogP contribution in [0.1, 0.15) is 10.5 Å². The number of rotatable bonds is 2. The number of nitrogens with one attached hydrogen (secondary N) is 1. The van der Waals surface area contributed by atoms with Gasteiger partial charge in [0.25, 0.3) is 5.91 Å². The van der Waals surface area contributed by atoms with Crippen LogP contribution in [-0.2, 0) is 7.05 Å². The van der Waals surface area contributed by atoms with Gasteiger partial charge in [0.2, 0.25) is 0 Å². The maximum atomic E-state index is 12.9. The SMILES string of the molecule is Cn1ncc2c(N3CCN(C(=O)c4n[nH]c5ccccc45)CC3)ncnc21. The molecule has 1 N–H and O–H groups in total. The van der Waals surface area contributed by atoms with E-state index in [1.807, 2.05) is 36.2 Å². The van der Waals surface area contributed by atoms with E-state index in [4.69, 9.17) is 0 Å². The first-order valence-corrected chi connectivity index (χ1v) is 8.82. The Labute approximate surface area is 154 Å². The zero-order valence-electron chi connectivity index (χ0n) is 14.8. The van der Waals surface area contributed by atoms with Crippen LogP contribution in [0.25, 0.3) is 21.9 Å². The molecule has 1 aromatic carbocycles. The number of benzene rings is 1. The molecule has 3 aromatic heterocycles. The number of aromatic amines is 1. The van der Waals surface area contributed by atoms with Gasteiger partial charge in [-0.1, -0.05) is 18.2 Å². The molecule has 0 unspecified atom stereocenters. The number of nitrogens with zero attached hydrogens (tertiary/aromatic N) is 7. The molecule has 4 heterocycles. The second-order valence-electron chi connectivity index (χ2n) is 6.60. The van der Waals surface area contributed by atoms with Gasteiger partial charge in [0.1, 0.15) is 12.1 Å². The summed E-state index contributed by atoms with van der Waals surface area (Å²) in [6.45, 7) is 2.64. The van der Waals surface area contributed by atoms with E-state index in [9.17, 15) is 4.79 Å². The number of carbonyl (C=O) groups is 1. The van der Waals surface area contributed by atoms with Crippen LogP contribution in [0.2, 0.25) is 0 Å². The molecule has 0 atom stereocenters. The monoisotopic (exact) mass is 362 g/mol. The van der Waals surface area contributed by atoms with Crippen LogP contribution in [0.15, 0.2) is 36.8 Å². The van der Waals surface area contributed by atoms with Crippen molar-refractivity contribution in [2.24, 2.45) is 7.05 Å². The molecule has 0 radical (unpaired) electrons. The molecular formula is C18H18N8O. The summed E-state index contributed by atoms with van der Waals surface area (Å²) in [4.78, 5) is 25.7. The lowest BCUT2D eigenvalue weighted by molar-refractivity contribution is 0.0742. The van der Waals surface area contributed by atoms with Gasteiger partial charge >= 0.3 is 0 Å². The highest BCUT2D eigenvalue weighted by molar-refractivity contribution is 6.04. The number of amides is 1. The van der Waals surface area contributed by atoms with Crippen LogP contribution in [0.5, 0.6) is 0 Å². The predicted molar refractivity (Wildman–Crippen MR) is 101 cm³/mol. The summed E-state index contributed by atoms with van der Waals surface area (Å²) in [5.74, 6) is 0.826. The summed E-state index contributed by atoms with van der Waals surface area (Å²) < 4.78 is 1.74. The topological polar surface area (TPSA) is 95.8 Å². The molecule has 1 amide bonds. The van der Waals surface area contributed by atoms with Crippen molar-refractivity contribution >= 4 is 33.7 Å². The molecule has 136 valence electrons. The summed E-state index contributed by atoms with van der Waals surface area (Å²) in [7, 11) is 1.86. The van der Waals surface area contributed by atoms with E-state index < -0.39 is 0 Å². The third-order valence-corrected chi connectivity index (χ3v) is 5.05. The highest BCUT2D eigenvalue weighted by Gasteiger charge is 2.26. The minimum absolute atomic E-state index is 0.0405. The van der Waals surface area contributed by atoms with E-state index in [0.29, 0.717) is 31.9 Å². The number of aromatic nitrogens is 6. The molecule has 5 rings (SSSR count). The van der Waals surface area contributed by atoms with E-state index in [1.54, 1.807) is 17.2 Å². The van der Waals surface area contributed by atoms with Gasteiger partial charge in [0.15, 0.2) is 11.3 Å². The lowest BCUT2D eigenvalue weighted by atomic mass is 10.2. The number of piperazine rings is 1. The molecule has 0 saturated carbocycles. The van der Waals surface area contributed by atoms with Gasteiger partial charge in [0.05, 0.1) is 17.1 Å². The number of hydrogen-bond donors (Lipinski definition) is 1. The van der Waals surface area contributed by atoms with Crippen LogP contribution in [0.3, 0.4) is 0 Å². The van der Waals surface area contributed by atoms with Gasteiger partial charge in [-0.15, -0.1) is 0 Å². The average molecular weight is 362 g/mol. The molecule has 1 aliphatic rings. The second kappa shape index (κ2) is 6.04. The lowest BCUT2D eigenvalue weighted by Crippen LogP contribution is -2.49. The largest absolute Gasteiger partial charge is 0.352 e. The van der Waals surface area contributed by atoms with Crippen molar-refractivity contribution < 1.29 is 4.79 Å². The van der Waals surface area contributed by atoms with Crippen LogP contribution in [-0.4, -0.2) is 66.9 Å². The molecule has 4 aromatic rings. The molecule has 27 heavy (non-hydrogen) atoms. The van der Waals surface area contributed by atoms with Crippen LogP contribution < -0.4 is 4.90 Å². The normalized spacial score (nSPS) is 15.0. The third-order valence-electron chi connectivity index (χ3n) is 5.05. The smallest absolute Gasteiger partial charge is 0.275 e. The fourth-order valence-corrected chi connectivity index (χ4v) is 3.60. The molecule has 0 spiro atoms. The highest BCUT2D eigenvalue weighted by atomic mass is 16.2. The molecule has 1 fully saturated rings. The van der Waals surface area contributed by atoms with E-state index in [2.05, 4.69) is 30.2 Å². The standard InChI is InChI=1S/C18H18N8O/c1-24-16-13(10-21-24)17(20-11-19-16)25-6-8-26(9-7-25)18(27)15-12-4-2-3-5-14(12)22-23-15/h2-5,10-11H,6-9H2,1H3,(H,22,23). The zero-order valence-corrected chi connectivity index (χ0v) is 14.8. The quantitative estimate of drug-likeness (QED) is 0.576. The van der Waals surface area contributed by atoms with Crippen molar-refractivity contribution in [2.45, 2.75) is 0 Å². The van der Waals surface area contributed by atoms with Crippen LogP contribution >= 0.6 is 0 Å². The number of H-pyrrole nitrogens is 1. The Morgan fingerprint density at radius 2 is 1.89 bits per heavy atom. The highest BCUT2D eigenvalue weighted by Crippen LogP contribution is 2.24. The first-order valence-electron chi connectivity index (χ1n) is 8.82. The van der Waals surface area contributed by atoms with E-state index >= 15 is 0 Å². The van der Waals surface area contributed by atoms with Crippen molar-refractivity contribution in [1.29, 1.82) is 0 Å². The summed E-state index contributed by atoms with van der Waals surface area (Å²) in [6.07, 6.45) is 3.35. The number of aryl methyl sites for hydroxylation is 1. The number of hydrogen-bond acceptors (Lipinski definition) is 6. The van der Waals surface area contributed by atoms with Crippen LogP contribution in [0.4, 0.5) is 5.82 Å². The fraction of sp³-hybridized carbons (Fsp3) is 0.278. The lowest BCUT2D eigenvalue weighted by Gasteiger charge is -2.35. The van der Waals surface area contributed by atoms with Gasteiger partial charge in [-0.2, -0.15) is 10.2 Å². The average Bonchev–Trinajstić information content (AvgIpc) is 3.32. The van der Waals surface area contributed by atoms with Crippen molar-refractivity contribution in [2.75, 3.05) is 31.1 Å². The second-order valence-corrected chi connectivity index (χ2v) is 6.60. The van der Waals surface area contributed by atoms with E-state index in [1.165, 1.54) is 0 Å². The Bertz CT molecular complexity index is 1140. The van der Waals surface area contributed by atoms with Crippen LogP contribution in [0, 0.1) is 0 Å². The van der Waals surface area contributed by atoms with Gasteiger partial charge in [0, 0.05) is 38.6 Å². The Morgan fingerprint density at radius 3 is 2.74 bits per heavy atom. The molecule has 9 nitrogen and oxygen atoms in total. The number of para-hydroxylation sites is 1. The number of carbonyl (C=O) groups excluding carboxylic acids is 1. The molecule has 0 bridgehead atoms. The Hall–Kier alpha value is -3.49. The Morgan fingerprint density at radius 1 is 1.07 bits per heavy atom. The van der Waals surface area contributed by atoms with Crippen molar-refractivity contribution in [3.8, 4) is 0 Å². The number of fused-ring (bicyclic) bond motifs is 2. The Kier molecular flexibility index (Phi) is 3.52. The minimum Gasteiger partial charge on any atom is -0.352 e. The van der Waals surface area contributed by atoms with Gasteiger partial charge in [-0.3, -0.25) is 14.6 Å². The first kappa shape index (κ1) is 15.7. The molecule has 0 aliphatic carbocycles. The maximum Gasteiger partial charge on any atom is 0.275 e. The fourth-order valence-electron chi connectivity index (χ4n) is 3.60.